The third-order valence-corrected chi connectivity index (χ3v) is 4.27. The van der Waals surface area contributed by atoms with E-state index in [2.05, 4.69) is 50.9 Å². The average Bonchev–Trinajstić information content (AvgIpc) is 2.73. The van der Waals surface area contributed by atoms with E-state index in [0.717, 1.165) is 11.8 Å². The molecule has 0 amide bonds. The molecule has 0 radical (unpaired) electrons. The van der Waals surface area contributed by atoms with Crippen LogP contribution in [-0.4, -0.2) is 18.4 Å². The highest BCUT2D eigenvalue weighted by Gasteiger charge is 2.05. The van der Waals surface area contributed by atoms with Crippen LogP contribution in [0.15, 0.2) is 29.6 Å². The van der Waals surface area contributed by atoms with Crippen LogP contribution in [-0.2, 0) is 6.42 Å². The first-order valence-electron chi connectivity index (χ1n) is 5.03. The number of hydrogen-bond acceptors (Lipinski definition) is 2. The lowest BCUT2D eigenvalue weighted by Gasteiger charge is -2.12. The number of hydrogen-bond donors (Lipinski definition) is 1. The third kappa shape index (κ3) is 2.60. The lowest BCUT2D eigenvalue weighted by molar-refractivity contribution is 0.621. The topological polar surface area (TPSA) is 12.0 Å². The van der Waals surface area contributed by atoms with Crippen molar-refractivity contribution < 1.29 is 0 Å². The normalized spacial score (nSPS) is 13.2. The fourth-order valence-corrected chi connectivity index (χ4v) is 2.98. The lowest BCUT2D eigenvalue weighted by atomic mass is 10.1. The van der Waals surface area contributed by atoms with Gasteiger partial charge in [0, 0.05) is 16.1 Å². The van der Waals surface area contributed by atoms with Crippen LogP contribution in [0.25, 0.3) is 10.1 Å². The largest absolute Gasteiger partial charge is 0.316 e. The minimum Gasteiger partial charge on any atom is -0.316 e. The molecule has 2 aromatic rings. The second-order valence-corrected chi connectivity index (χ2v) is 5.23. The molecule has 0 fully saturated rings. The Morgan fingerprint density at radius 1 is 1.40 bits per heavy atom. The molecule has 1 aromatic heterocycles. The summed E-state index contributed by atoms with van der Waals surface area (Å²) in [6, 6.07) is 9.44. The fraction of sp³-hybridized carbons (Fsp3) is 0.333. The molecular formula is C12H14BrNS. The molecule has 1 aromatic carbocycles. The quantitative estimate of drug-likeness (QED) is 0.848. The number of thiophene rings is 1. The maximum Gasteiger partial charge on any atom is 0.0342 e. The van der Waals surface area contributed by atoms with Gasteiger partial charge < -0.3 is 5.32 Å². The predicted molar refractivity (Wildman–Crippen MR) is 72.2 cm³/mol. The average molecular weight is 284 g/mol. The van der Waals surface area contributed by atoms with Crippen molar-refractivity contribution in [3.8, 4) is 0 Å². The molecule has 0 saturated heterocycles. The molecule has 0 bridgehead atoms. The maximum atomic E-state index is 3.52. The van der Waals surface area contributed by atoms with Crippen molar-refractivity contribution in [1.29, 1.82) is 0 Å². The number of alkyl halides is 1. The van der Waals surface area contributed by atoms with Crippen molar-refractivity contribution in [1.82, 2.24) is 5.32 Å². The summed E-state index contributed by atoms with van der Waals surface area (Å²) < 4.78 is 1.37. The summed E-state index contributed by atoms with van der Waals surface area (Å²) in [6.07, 6.45) is 1.08. The van der Waals surface area contributed by atoms with Gasteiger partial charge in [0.05, 0.1) is 0 Å². The van der Waals surface area contributed by atoms with Gasteiger partial charge in [-0.3, -0.25) is 0 Å². The summed E-state index contributed by atoms with van der Waals surface area (Å²) in [6.45, 7) is 0. The summed E-state index contributed by atoms with van der Waals surface area (Å²) in [5.41, 5.74) is 1.40. The molecule has 2 rings (SSSR count). The van der Waals surface area contributed by atoms with Gasteiger partial charge in [-0.15, -0.1) is 11.3 Å². The third-order valence-electron chi connectivity index (χ3n) is 2.59. The van der Waals surface area contributed by atoms with Crippen LogP contribution < -0.4 is 5.32 Å². The molecule has 3 heteroatoms. The zero-order chi connectivity index (χ0) is 10.7. The Kier molecular flexibility index (Phi) is 3.78. The van der Waals surface area contributed by atoms with Crippen molar-refractivity contribution in [2.45, 2.75) is 12.5 Å². The zero-order valence-electron chi connectivity index (χ0n) is 8.66. The van der Waals surface area contributed by atoms with E-state index >= 15 is 0 Å². The number of fused-ring (bicyclic) bond motifs is 1. The van der Waals surface area contributed by atoms with Crippen LogP contribution in [0.3, 0.4) is 0 Å². The van der Waals surface area contributed by atoms with Crippen LogP contribution in [0.4, 0.5) is 0 Å². The van der Waals surface area contributed by atoms with E-state index in [1.165, 1.54) is 15.6 Å². The summed E-state index contributed by atoms with van der Waals surface area (Å²) in [7, 11) is 2.01. The molecule has 1 nitrogen and oxygen atoms in total. The van der Waals surface area contributed by atoms with Crippen LogP contribution >= 0.6 is 27.3 Å². The Morgan fingerprint density at radius 2 is 2.27 bits per heavy atom. The molecular weight excluding hydrogens is 270 g/mol. The predicted octanol–water partition coefficient (Wildman–Crippen LogP) is 3.43. The standard InChI is InChI=1S/C12H14BrNS/c1-14-11(8-13)7-9-2-3-12-10(6-9)4-5-15-12/h2-6,11,14H,7-8H2,1H3. The summed E-state index contributed by atoms with van der Waals surface area (Å²) in [5.74, 6) is 0. The van der Waals surface area contributed by atoms with E-state index in [1.807, 2.05) is 7.05 Å². The van der Waals surface area contributed by atoms with Crippen LogP contribution in [0.2, 0.25) is 0 Å². The summed E-state index contributed by atoms with van der Waals surface area (Å²) in [4.78, 5) is 0. The molecule has 0 spiro atoms. The van der Waals surface area contributed by atoms with Crippen molar-refractivity contribution in [3.05, 3.63) is 35.2 Å². The number of halogens is 1. The fourth-order valence-electron chi connectivity index (χ4n) is 1.66. The molecule has 15 heavy (non-hydrogen) atoms. The molecule has 1 heterocycles. The Bertz CT molecular complexity index is 434. The van der Waals surface area contributed by atoms with Crippen molar-refractivity contribution >= 4 is 37.4 Å². The number of likely N-dealkylation sites (N-methyl/N-ethyl adjacent to an activating group) is 1. The monoisotopic (exact) mass is 283 g/mol. The Hall–Kier alpha value is -0.380. The Labute approximate surface area is 103 Å². The minimum atomic E-state index is 0.515. The van der Waals surface area contributed by atoms with E-state index in [9.17, 15) is 0 Å². The lowest BCUT2D eigenvalue weighted by Crippen LogP contribution is -2.28. The van der Waals surface area contributed by atoms with Gasteiger partial charge in [0.2, 0.25) is 0 Å². The molecule has 0 saturated carbocycles. The van der Waals surface area contributed by atoms with Gasteiger partial charge in [-0.05, 0) is 41.9 Å². The van der Waals surface area contributed by atoms with Crippen molar-refractivity contribution in [3.63, 3.8) is 0 Å². The van der Waals surface area contributed by atoms with Crippen molar-refractivity contribution in [2.24, 2.45) is 0 Å². The second kappa shape index (κ2) is 5.10. The first-order chi connectivity index (χ1) is 7.33. The highest BCUT2D eigenvalue weighted by molar-refractivity contribution is 9.09. The zero-order valence-corrected chi connectivity index (χ0v) is 11.1. The van der Waals surface area contributed by atoms with Gasteiger partial charge in [0.1, 0.15) is 0 Å². The first kappa shape index (κ1) is 11.1. The molecule has 1 atom stereocenters. The number of rotatable bonds is 4. The summed E-state index contributed by atoms with van der Waals surface area (Å²) >= 11 is 5.32. The molecule has 0 aliphatic heterocycles. The Morgan fingerprint density at radius 3 is 3.00 bits per heavy atom. The maximum absolute atomic E-state index is 3.52. The van der Waals surface area contributed by atoms with E-state index in [-0.39, 0.29) is 0 Å². The molecule has 0 aliphatic carbocycles. The van der Waals surface area contributed by atoms with Crippen LogP contribution in [0, 0.1) is 0 Å². The van der Waals surface area contributed by atoms with Gasteiger partial charge in [-0.25, -0.2) is 0 Å². The highest BCUT2D eigenvalue weighted by Crippen LogP contribution is 2.22. The molecule has 80 valence electrons. The van der Waals surface area contributed by atoms with Crippen molar-refractivity contribution in [2.75, 3.05) is 12.4 Å². The van der Waals surface area contributed by atoms with Gasteiger partial charge in [-0.1, -0.05) is 28.1 Å². The van der Waals surface area contributed by atoms with E-state index in [4.69, 9.17) is 0 Å². The molecule has 0 aliphatic rings. The van der Waals surface area contributed by atoms with Crippen LogP contribution in [0.1, 0.15) is 5.56 Å². The van der Waals surface area contributed by atoms with Gasteiger partial charge in [0.15, 0.2) is 0 Å². The van der Waals surface area contributed by atoms with Gasteiger partial charge in [0.25, 0.3) is 0 Å². The molecule has 1 N–H and O–H groups in total. The molecule has 1 unspecified atom stereocenters. The van der Waals surface area contributed by atoms with E-state index in [0.29, 0.717) is 6.04 Å². The van der Waals surface area contributed by atoms with E-state index in [1.54, 1.807) is 11.3 Å². The van der Waals surface area contributed by atoms with E-state index < -0.39 is 0 Å². The number of nitrogens with one attached hydrogen (secondary N) is 1. The first-order valence-corrected chi connectivity index (χ1v) is 7.03. The summed E-state index contributed by atoms with van der Waals surface area (Å²) in [5, 5.41) is 7.80. The Balaban J connectivity index is 2.20. The van der Waals surface area contributed by atoms with Gasteiger partial charge in [-0.2, -0.15) is 0 Å². The SMILES string of the molecule is CNC(CBr)Cc1ccc2sccc2c1. The minimum absolute atomic E-state index is 0.515. The van der Waals surface area contributed by atoms with Gasteiger partial charge >= 0.3 is 0 Å². The smallest absolute Gasteiger partial charge is 0.0342 e. The number of benzene rings is 1. The van der Waals surface area contributed by atoms with Crippen LogP contribution in [0.5, 0.6) is 0 Å². The highest BCUT2D eigenvalue weighted by atomic mass is 79.9. The second-order valence-electron chi connectivity index (χ2n) is 3.64.